The van der Waals surface area contributed by atoms with Gasteiger partial charge in [0.25, 0.3) is 0 Å². The number of hydrogen-bond acceptors (Lipinski definition) is 1. The normalized spacial score (nSPS) is 14.4. The van der Waals surface area contributed by atoms with Crippen LogP contribution in [0, 0.1) is 5.92 Å². The SMILES string of the molecule is CCC(C)C(CCCC=O)c1ccccc1. The smallest absolute Gasteiger partial charge is 0.119 e. The molecule has 0 spiro atoms. The molecule has 0 aliphatic heterocycles. The number of unbranched alkanes of at least 4 members (excludes halogenated alkanes) is 1. The molecule has 0 aliphatic rings. The maximum atomic E-state index is 10.4. The summed E-state index contributed by atoms with van der Waals surface area (Å²) in [4.78, 5) is 10.4. The molecular weight excluding hydrogens is 196 g/mol. The van der Waals surface area contributed by atoms with Crippen LogP contribution >= 0.6 is 0 Å². The van der Waals surface area contributed by atoms with E-state index in [4.69, 9.17) is 0 Å². The molecule has 0 amide bonds. The van der Waals surface area contributed by atoms with Gasteiger partial charge in [-0.3, -0.25) is 0 Å². The van der Waals surface area contributed by atoms with Gasteiger partial charge in [-0.15, -0.1) is 0 Å². The fraction of sp³-hybridized carbons (Fsp3) is 0.533. The Morgan fingerprint density at radius 3 is 2.50 bits per heavy atom. The van der Waals surface area contributed by atoms with Crippen LogP contribution < -0.4 is 0 Å². The van der Waals surface area contributed by atoms with Gasteiger partial charge in [0, 0.05) is 6.42 Å². The highest BCUT2D eigenvalue weighted by atomic mass is 16.1. The molecule has 0 radical (unpaired) electrons. The van der Waals surface area contributed by atoms with Crippen molar-refractivity contribution in [3.8, 4) is 0 Å². The van der Waals surface area contributed by atoms with Crippen LogP contribution in [0.2, 0.25) is 0 Å². The molecule has 1 aromatic carbocycles. The monoisotopic (exact) mass is 218 g/mol. The average molecular weight is 218 g/mol. The quantitative estimate of drug-likeness (QED) is 0.495. The molecule has 1 nitrogen and oxygen atoms in total. The summed E-state index contributed by atoms with van der Waals surface area (Å²) in [6.45, 7) is 4.54. The molecule has 0 aliphatic carbocycles. The Bertz CT molecular complexity index is 292. The number of rotatable bonds is 7. The van der Waals surface area contributed by atoms with Gasteiger partial charge in [0.2, 0.25) is 0 Å². The third kappa shape index (κ3) is 3.80. The summed E-state index contributed by atoms with van der Waals surface area (Å²) in [5, 5.41) is 0. The van der Waals surface area contributed by atoms with Crippen LogP contribution in [0.4, 0.5) is 0 Å². The largest absolute Gasteiger partial charge is 0.303 e. The van der Waals surface area contributed by atoms with E-state index < -0.39 is 0 Å². The van der Waals surface area contributed by atoms with Gasteiger partial charge in [-0.2, -0.15) is 0 Å². The Hall–Kier alpha value is -1.11. The molecule has 0 heterocycles. The first kappa shape index (κ1) is 13.0. The third-order valence-electron chi connectivity index (χ3n) is 3.40. The minimum absolute atomic E-state index is 0.603. The topological polar surface area (TPSA) is 17.1 Å². The van der Waals surface area contributed by atoms with E-state index >= 15 is 0 Å². The first-order chi connectivity index (χ1) is 7.79. The van der Waals surface area contributed by atoms with Crippen LogP contribution in [-0.2, 0) is 4.79 Å². The molecule has 16 heavy (non-hydrogen) atoms. The number of hydrogen-bond donors (Lipinski definition) is 0. The first-order valence-corrected chi connectivity index (χ1v) is 6.28. The molecule has 0 fully saturated rings. The summed E-state index contributed by atoms with van der Waals surface area (Å²) in [7, 11) is 0. The molecule has 0 aromatic heterocycles. The van der Waals surface area contributed by atoms with Crippen molar-refractivity contribution in [2.45, 2.75) is 45.4 Å². The van der Waals surface area contributed by atoms with Gasteiger partial charge in [0.1, 0.15) is 6.29 Å². The van der Waals surface area contributed by atoms with Gasteiger partial charge in [-0.1, -0.05) is 50.6 Å². The van der Waals surface area contributed by atoms with Crippen LogP contribution in [0.1, 0.15) is 51.0 Å². The number of benzene rings is 1. The second kappa shape index (κ2) is 7.21. The van der Waals surface area contributed by atoms with E-state index in [1.165, 1.54) is 12.0 Å². The van der Waals surface area contributed by atoms with Gasteiger partial charge in [0.15, 0.2) is 0 Å². The minimum Gasteiger partial charge on any atom is -0.303 e. The molecule has 1 heteroatoms. The Kier molecular flexibility index (Phi) is 5.84. The first-order valence-electron chi connectivity index (χ1n) is 6.28. The van der Waals surface area contributed by atoms with E-state index in [-0.39, 0.29) is 0 Å². The van der Waals surface area contributed by atoms with Crippen molar-refractivity contribution in [2.75, 3.05) is 0 Å². The van der Waals surface area contributed by atoms with Crippen LogP contribution in [0.5, 0.6) is 0 Å². The van der Waals surface area contributed by atoms with Crippen LogP contribution in [0.3, 0.4) is 0 Å². The average Bonchev–Trinajstić information content (AvgIpc) is 2.35. The van der Waals surface area contributed by atoms with E-state index in [2.05, 4.69) is 44.2 Å². The lowest BCUT2D eigenvalue weighted by molar-refractivity contribution is -0.107. The van der Waals surface area contributed by atoms with Gasteiger partial charge >= 0.3 is 0 Å². The van der Waals surface area contributed by atoms with Crippen molar-refractivity contribution in [3.05, 3.63) is 35.9 Å². The van der Waals surface area contributed by atoms with Crippen molar-refractivity contribution in [2.24, 2.45) is 5.92 Å². The molecule has 0 saturated carbocycles. The van der Waals surface area contributed by atoms with Gasteiger partial charge < -0.3 is 4.79 Å². The van der Waals surface area contributed by atoms with Crippen molar-refractivity contribution in [3.63, 3.8) is 0 Å². The highest BCUT2D eigenvalue weighted by molar-refractivity contribution is 5.49. The highest BCUT2D eigenvalue weighted by Crippen LogP contribution is 2.31. The summed E-state index contributed by atoms with van der Waals surface area (Å²) in [5.74, 6) is 1.29. The fourth-order valence-corrected chi connectivity index (χ4v) is 2.19. The lowest BCUT2D eigenvalue weighted by atomic mass is 9.82. The molecule has 0 saturated heterocycles. The zero-order valence-corrected chi connectivity index (χ0v) is 10.4. The Morgan fingerprint density at radius 2 is 1.94 bits per heavy atom. The van der Waals surface area contributed by atoms with E-state index in [9.17, 15) is 4.79 Å². The van der Waals surface area contributed by atoms with Gasteiger partial charge in [-0.05, 0) is 30.2 Å². The number of carbonyl (C=O) groups is 1. The van der Waals surface area contributed by atoms with E-state index in [0.29, 0.717) is 18.3 Å². The molecule has 1 aromatic rings. The van der Waals surface area contributed by atoms with Crippen LogP contribution in [0.25, 0.3) is 0 Å². The Morgan fingerprint density at radius 1 is 1.25 bits per heavy atom. The zero-order valence-electron chi connectivity index (χ0n) is 10.4. The summed E-state index contributed by atoms with van der Waals surface area (Å²) in [6, 6.07) is 10.7. The second-order valence-corrected chi connectivity index (χ2v) is 4.50. The standard InChI is InChI=1S/C15H22O/c1-3-13(2)15(11-7-8-12-16)14-9-5-4-6-10-14/h4-6,9-10,12-13,15H,3,7-8,11H2,1-2H3. The molecule has 2 unspecified atom stereocenters. The van der Waals surface area contributed by atoms with Gasteiger partial charge in [0.05, 0.1) is 0 Å². The van der Waals surface area contributed by atoms with Crippen molar-refractivity contribution >= 4 is 6.29 Å². The third-order valence-corrected chi connectivity index (χ3v) is 3.40. The lowest BCUT2D eigenvalue weighted by Crippen LogP contribution is -2.09. The van der Waals surface area contributed by atoms with E-state index in [0.717, 1.165) is 19.1 Å². The van der Waals surface area contributed by atoms with E-state index in [1.54, 1.807) is 0 Å². The predicted octanol–water partition coefficient (Wildman–Crippen LogP) is 4.19. The Labute approximate surface area is 98.9 Å². The molecular formula is C15H22O. The summed E-state index contributed by atoms with van der Waals surface area (Å²) in [6.07, 6.45) is 5.05. The van der Waals surface area contributed by atoms with Gasteiger partial charge in [-0.25, -0.2) is 0 Å². The highest BCUT2D eigenvalue weighted by Gasteiger charge is 2.16. The molecule has 2 atom stereocenters. The maximum Gasteiger partial charge on any atom is 0.119 e. The molecule has 0 N–H and O–H groups in total. The maximum absolute atomic E-state index is 10.4. The summed E-state index contributed by atoms with van der Waals surface area (Å²) in [5.41, 5.74) is 1.42. The number of carbonyl (C=O) groups excluding carboxylic acids is 1. The summed E-state index contributed by atoms with van der Waals surface area (Å²) >= 11 is 0. The Balaban J connectivity index is 2.67. The molecule has 88 valence electrons. The zero-order chi connectivity index (χ0) is 11.8. The molecule has 1 rings (SSSR count). The van der Waals surface area contributed by atoms with Crippen molar-refractivity contribution in [1.29, 1.82) is 0 Å². The minimum atomic E-state index is 0.603. The van der Waals surface area contributed by atoms with Crippen LogP contribution in [-0.4, -0.2) is 6.29 Å². The van der Waals surface area contributed by atoms with Crippen molar-refractivity contribution < 1.29 is 4.79 Å². The fourth-order valence-electron chi connectivity index (χ4n) is 2.19. The lowest BCUT2D eigenvalue weighted by Gasteiger charge is -2.23. The molecule has 0 bridgehead atoms. The van der Waals surface area contributed by atoms with Crippen LogP contribution in [0.15, 0.2) is 30.3 Å². The van der Waals surface area contributed by atoms with Crippen molar-refractivity contribution in [1.82, 2.24) is 0 Å². The van der Waals surface area contributed by atoms with E-state index in [1.807, 2.05) is 0 Å². The summed E-state index contributed by atoms with van der Waals surface area (Å²) < 4.78 is 0. The second-order valence-electron chi connectivity index (χ2n) is 4.50. The predicted molar refractivity (Wildman–Crippen MR) is 68.6 cm³/mol. The number of aldehydes is 1.